The quantitative estimate of drug-likeness (QED) is 0.602. The van der Waals surface area contributed by atoms with Gasteiger partial charge in [-0.05, 0) is 29.3 Å². The van der Waals surface area contributed by atoms with Crippen LogP contribution in [0, 0.1) is 0 Å². The molecule has 0 bridgehead atoms. The molecule has 0 atom stereocenters. The molecule has 0 aliphatic heterocycles. The second kappa shape index (κ2) is 6.32. The van der Waals surface area contributed by atoms with Crippen LogP contribution in [0.3, 0.4) is 0 Å². The molecule has 2 aromatic rings. The van der Waals surface area contributed by atoms with Crippen LogP contribution >= 0.6 is 23.2 Å². The normalized spacial score (nSPS) is 11.3. The van der Waals surface area contributed by atoms with Gasteiger partial charge in [0.05, 0.1) is 18.5 Å². The van der Waals surface area contributed by atoms with Gasteiger partial charge in [-0.2, -0.15) is 23.4 Å². The fraction of sp³-hybridized carbons (Fsp3) is 0.182. The van der Waals surface area contributed by atoms with Gasteiger partial charge in [0.2, 0.25) is 16.5 Å². The molecule has 1 heterocycles. The molecule has 12 heteroatoms. The number of nitrogens with zero attached hydrogens (tertiary/aromatic N) is 4. The molecule has 0 amide bonds. The molecule has 1 aromatic carbocycles. The molecule has 0 fully saturated rings. The van der Waals surface area contributed by atoms with Crippen molar-refractivity contribution >= 4 is 50.6 Å². The van der Waals surface area contributed by atoms with Gasteiger partial charge in [-0.25, -0.2) is 0 Å². The summed E-state index contributed by atoms with van der Waals surface area (Å²) < 4.78 is 36.9. The Labute approximate surface area is 141 Å². The van der Waals surface area contributed by atoms with Gasteiger partial charge in [-0.1, -0.05) is 0 Å². The Hall–Kier alpha value is -1.88. The fourth-order valence-corrected chi connectivity index (χ4v) is 2.76. The van der Waals surface area contributed by atoms with Gasteiger partial charge in [-0.15, -0.1) is 0 Å². The topological polar surface area (TPSA) is 132 Å². The average Bonchev–Trinajstić information content (AvgIpc) is 2.43. The first-order valence-corrected chi connectivity index (χ1v) is 8.09. The third-order valence-corrected chi connectivity index (χ3v) is 4.07. The van der Waals surface area contributed by atoms with Crippen molar-refractivity contribution in [3.63, 3.8) is 0 Å². The maximum absolute atomic E-state index is 11.3. The minimum Gasteiger partial charge on any atom is -0.495 e. The summed E-state index contributed by atoms with van der Waals surface area (Å²) in [6.45, 7) is 0. The number of aromatic nitrogens is 3. The van der Waals surface area contributed by atoms with E-state index in [9.17, 15) is 8.42 Å². The van der Waals surface area contributed by atoms with E-state index in [-0.39, 0.29) is 28.0 Å². The minimum atomic E-state index is -4.49. The first kappa shape index (κ1) is 17.5. The SMILES string of the molecule is COc1cc(S(=O)(=O)O)c(N)cc1N(C)c1nc(Cl)nc(Cl)n1. The highest BCUT2D eigenvalue weighted by Gasteiger charge is 2.21. The van der Waals surface area contributed by atoms with Crippen molar-refractivity contribution < 1.29 is 17.7 Å². The highest BCUT2D eigenvalue weighted by Crippen LogP contribution is 2.37. The number of nitrogen functional groups attached to an aromatic ring is 1. The number of hydrogen-bond acceptors (Lipinski definition) is 8. The number of rotatable bonds is 4. The first-order valence-electron chi connectivity index (χ1n) is 5.89. The second-order valence-corrected chi connectivity index (χ2v) is 6.34. The Morgan fingerprint density at radius 2 is 1.78 bits per heavy atom. The monoisotopic (exact) mass is 379 g/mol. The Balaban J connectivity index is 2.60. The lowest BCUT2D eigenvalue weighted by molar-refractivity contribution is 0.413. The number of anilines is 3. The number of methoxy groups -OCH3 is 1. The van der Waals surface area contributed by atoms with E-state index in [0.29, 0.717) is 5.69 Å². The standard InChI is InChI=1S/C11H11Cl2N5O4S/c1-18(11-16-9(12)15-10(13)17-11)6-3-5(14)8(23(19,20)21)4-7(6)22-2/h3-4H,14H2,1-2H3,(H,19,20,21). The number of benzene rings is 1. The summed E-state index contributed by atoms with van der Waals surface area (Å²) in [5.74, 6) is 0.203. The average molecular weight is 380 g/mol. The van der Waals surface area contributed by atoms with Crippen molar-refractivity contribution in [2.75, 3.05) is 24.8 Å². The van der Waals surface area contributed by atoms with Crippen LogP contribution in [0.1, 0.15) is 0 Å². The molecule has 0 aliphatic rings. The molecule has 1 aromatic heterocycles. The smallest absolute Gasteiger partial charge is 0.296 e. The Morgan fingerprint density at radius 1 is 1.22 bits per heavy atom. The van der Waals surface area contributed by atoms with Crippen LogP contribution in [0.2, 0.25) is 10.6 Å². The van der Waals surface area contributed by atoms with Gasteiger partial charge in [0.25, 0.3) is 10.1 Å². The van der Waals surface area contributed by atoms with E-state index in [1.165, 1.54) is 18.1 Å². The summed E-state index contributed by atoms with van der Waals surface area (Å²) in [5, 5.41) is -0.235. The van der Waals surface area contributed by atoms with E-state index < -0.39 is 15.0 Å². The van der Waals surface area contributed by atoms with Crippen LogP contribution in [0.5, 0.6) is 5.75 Å². The Morgan fingerprint density at radius 3 is 2.26 bits per heavy atom. The summed E-state index contributed by atoms with van der Waals surface area (Å²) in [4.78, 5) is 12.4. The Bertz CT molecular complexity index is 841. The zero-order valence-electron chi connectivity index (χ0n) is 11.9. The van der Waals surface area contributed by atoms with Gasteiger partial charge in [0.15, 0.2) is 0 Å². The molecule has 0 aliphatic carbocycles. The van der Waals surface area contributed by atoms with E-state index in [1.807, 2.05) is 0 Å². The van der Waals surface area contributed by atoms with Crippen molar-refractivity contribution in [1.29, 1.82) is 0 Å². The van der Waals surface area contributed by atoms with Crippen LogP contribution in [-0.4, -0.2) is 42.1 Å². The summed E-state index contributed by atoms with van der Waals surface area (Å²) >= 11 is 11.5. The molecule has 0 unspecified atom stereocenters. The van der Waals surface area contributed by atoms with Crippen LogP contribution in [0.25, 0.3) is 0 Å². The molecule has 3 N–H and O–H groups in total. The van der Waals surface area contributed by atoms with Crippen molar-refractivity contribution in [2.24, 2.45) is 0 Å². The number of ether oxygens (including phenoxy) is 1. The zero-order chi connectivity index (χ0) is 17.4. The van der Waals surface area contributed by atoms with E-state index in [4.69, 9.17) is 38.2 Å². The summed E-state index contributed by atoms with van der Waals surface area (Å²) in [5.41, 5.74) is 5.83. The third-order valence-electron chi connectivity index (χ3n) is 2.82. The van der Waals surface area contributed by atoms with Crippen molar-refractivity contribution in [3.8, 4) is 5.75 Å². The van der Waals surface area contributed by atoms with E-state index in [0.717, 1.165) is 6.07 Å². The lowest BCUT2D eigenvalue weighted by Gasteiger charge is -2.21. The molecule has 0 spiro atoms. The molecule has 124 valence electrons. The van der Waals surface area contributed by atoms with Gasteiger partial charge < -0.3 is 15.4 Å². The van der Waals surface area contributed by atoms with E-state index in [1.54, 1.807) is 7.05 Å². The molecule has 0 radical (unpaired) electrons. The predicted molar refractivity (Wildman–Crippen MR) is 85.1 cm³/mol. The highest BCUT2D eigenvalue weighted by atomic mass is 35.5. The van der Waals surface area contributed by atoms with Crippen molar-refractivity contribution in [3.05, 3.63) is 22.7 Å². The van der Waals surface area contributed by atoms with Gasteiger partial charge in [-0.3, -0.25) is 4.55 Å². The van der Waals surface area contributed by atoms with Crippen LogP contribution < -0.4 is 15.4 Å². The van der Waals surface area contributed by atoms with E-state index in [2.05, 4.69) is 15.0 Å². The van der Waals surface area contributed by atoms with Gasteiger partial charge in [0.1, 0.15) is 10.6 Å². The largest absolute Gasteiger partial charge is 0.495 e. The first-order chi connectivity index (χ1) is 10.6. The number of nitrogens with two attached hydrogens (primary N) is 1. The number of hydrogen-bond donors (Lipinski definition) is 2. The fourth-order valence-electron chi connectivity index (χ4n) is 1.79. The molecule has 2 rings (SSSR count). The molecule has 9 nitrogen and oxygen atoms in total. The van der Waals surface area contributed by atoms with Gasteiger partial charge >= 0.3 is 0 Å². The summed E-state index contributed by atoms with van der Waals surface area (Å²) in [6, 6.07) is 2.37. The lowest BCUT2D eigenvalue weighted by Crippen LogP contribution is -2.16. The predicted octanol–water partition coefficient (Wildman–Crippen LogP) is 1.78. The van der Waals surface area contributed by atoms with Crippen molar-refractivity contribution in [1.82, 2.24) is 15.0 Å². The van der Waals surface area contributed by atoms with Crippen LogP contribution in [0.4, 0.5) is 17.3 Å². The Kier molecular flexibility index (Phi) is 4.80. The number of halogens is 2. The molecule has 23 heavy (non-hydrogen) atoms. The molecule has 0 saturated heterocycles. The second-order valence-electron chi connectivity index (χ2n) is 4.27. The van der Waals surface area contributed by atoms with Crippen LogP contribution in [-0.2, 0) is 10.1 Å². The van der Waals surface area contributed by atoms with Crippen molar-refractivity contribution in [2.45, 2.75) is 4.90 Å². The van der Waals surface area contributed by atoms with E-state index >= 15 is 0 Å². The minimum absolute atomic E-state index is 0.0901. The molecular formula is C11H11Cl2N5O4S. The van der Waals surface area contributed by atoms with Crippen LogP contribution in [0.15, 0.2) is 17.0 Å². The summed E-state index contributed by atoms with van der Waals surface area (Å²) in [7, 11) is -1.61. The van der Waals surface area contributed by atoms with Gasteiger partial charge in [0, 0.05) is 13.1 Å². The maximum Gasteiger partial charge on any atom is 0.296 e. The molecular weight excluding hydrogens is 369 g/mol. The highest BCUT2D eigenvalue weighted by molar-refractivity contribution is 7.86. The third kappa shape index (κ3) is 3.72. The molecule has 0 saturated carbocycles. The lowest BCUT2D eigenvalue weighted by atomic mass is 10.2. The maximum atomic E-state index is 11.3. The zero-order valence-corrected chi connectivity index (χ0v) is 14.2. The summed E-state index contributed by atoms with van der Waals surface area (Å²) in [6.07, 6.45) is 0.